The molecule has 0 spiro atoms. The van der Waals surface area contributed by atoms with Gasteiger partial charge in [0.1, 0.15) is 0 Å². The Labute approximate surface area is 118 Å². The van der Waals surface area contributed by atoms with Crippen molar-refractivity contribution in [1.82, 2.24) is 10.6 Å². The van der Waals surface area contributed by atoms with E-state index in [1.165, 1.54) is 0 Å². The molecule has 1 amide bonds. The van der Waals surface area contributed by atoms with Crippen molar-refractivity contribution in [3.05, 3.63) is 23.8 Å². The summed E-state index contributed by atoms with van der Waals surface area (Å²) < 4.78 is 10.6. The third-order valence-corrected chi connectivity index (χ3v) is 3.90. The minimum absolute atomic E-state index is 0.125. The van der Waals surface area contributed by atoms with Gasteiger partial charge in [0.25, 0.3) is 0 Å². The SMILES string of the molecule is C[C@H]1C[C@@H](C(=O)NCc2ccc3c(c2)OCO3)CCN1. The molecule has 2 aliphatic rings. The van der Waals surface area contributed by atoms with Crippen LogP contribution in [0.5, 0.6) is 11.5 Å². The number of piperidine rings is 1. The lowest BCUT2D eigenvalue weighted by atomic mass is 9.92. The molecule has 1 aromatic carbocycles. The Morgan fingerprint density at radius 1 is 1.40 bits per heavy atom. The molecule has 5 heteroatoms. The second-order valence-corrected chi connectivity index (χ2v) is 5.48. The zero-order valence-corrected chi connectivity index (χ0v) is 11.6. The maximum atomic E-state index is 12.2. The Morgan fingerprint density at radius 3 is 3.10 bits per heavy atom. The largest absolute Gasteiger partial charge is 0.454 e. The van der Waals surface area contributed by atoms with Crippen molar-refractivity contribution < 1.29 is 14.3 Å². The Morgan fingerprint density at radius 2 is 2.25 bits per heavy atom. The summed E-state index contributed by atoms with van der Waals surface area (Å²) >= 11 is 0. The Balaban J connectivity index is 1.55. The number of rotatable bonds is 3. The summed E-state index contributed by atoms with van der Waals surface area (Å²) in [4.78, 5) is 12.2. The van der Waals surface area contributed by atoms with Gasteiger partial charge in [-0.05, 0) is 44.0 Å². The van der Waals surface area contributed by atoms with E-state index < -0.39 is 0 Å². The zero-order valence-electron chi connectivity index (χ0n) is 11.6. The van der Waals surface area contributed by atoms with Crippen LogP contribution in [0.25, 0.3) is 0 Å². The number of hydrogen-bond donors (Lipinski definition) is 2. The average molecular weight is 276 g/mol. The molecule has 0 saturated carbocycles. The number of amides is 1. The first-order valence-corrected chi connectivity index (χ1v) is 7.12. The van der Waals surface area contributed by atoms with E-state index in [1.54, 1.807) is 0 Å². The molecule has 2 N–H and O–H groups in total. The lowest BCUT2D eigenvalue weighted by Gasteiger charge is -2.27. The lowest BCUT2D eigenvalue weighted by molar-refractivity contribution is -0.126. The fourth-order valence-corrected chi connectivity index (χ4v) is 2.75. The van der Waals surface area contributed by atoms with Crippen LogP contribution in [-0.4, -0.2) is 25.3 Å². The smallest absolute Gasteiger partial charge is 0.231 e. The summed E-state index contributed by atoms with van der Waals surface area (Å²) in [6, 6.07) is 6.19. The molecule has 5 nitrogen and oxygen atoms in total. The molecule has 1 saturated heterocycles. The van der Waals surface area contributed by atoms with E-state index in [0.717, 1.165) is 36.4 Å². The highest BCUT2D eigenvalue weighted by atomic mass is 16.7. The summed E-state index contributed by atoms with van der Waals surface area (Å²) in [5.74, 6) is 1.80. The zero-order chi connectivity index (χ0) is 13.9. The van der Waals surface area contributed by atoms with Crippen molar-refractivity contribution >= 4 is 5.91 Å². The van der Waals surface area contributed by atoms with E-state index in [2.05, 4.69) is 17.6 Å². The quantitative estimate of drug-likeness (QED) is 0.876. The first-order valence-electron chi connectivity index (χ1n) is 7.12. The van der Waals surface area contributed by atoms with Crippen LogP contribution in [0.3, 0.4) is 0 Å². The minimum atomic E-state index is 0.125. The van der Waals surface area contributed by atoms with Crippen molar-refractivity contribution in [2.75, 3.05) is 13.3 Å². The molecule has 0 bridgehead atoms. The van der Waals surface area contributed by atoms with Gasteiger partial charge in [-0.2, -0.15) is 0 Å². The summed E-state index contributed by atoms with van der Waals surface area (Å²) in [6.45, 7) is 3.85. The van der Waals surface area contributed by atoms with E-state index in [9.17, 15) is 4.79 Å². The second-order valence-electron chi connectivity index (χ2n) is 5.48. The molecule has 108 valence electrons. The number of hydrogen-bond acceptors (Lipinski definition) is 4. The third-order valence-electron chi connectivity index (χ3n) is 3.90. The van der Waals surface area contributed by atoms with Gasteiger partial charge < -0.3 is 20.1 Å². The van der Waals surface area contributed by atoms with Gasteiger partial charge in [0, 0.05) is 18.5 Å². The molecule has 0 radical (unpaired) electrons. The van der Waals surface area contributed by atoms with Crippen molar-refractivity contribution in [3.63, 3.8) is 0 Å². The van der Waals surface area contributed by atoms with E-state index >= 15 is 0 Å². The number of fused-ring (bicyclic) bond motifs is 1. The number of nitrogens with one attached hydrogen (secondary N) is 2. The van der Waals surface area contributed by atoms with Crippen molar-refractivity contribution in [3.8, 4) is 11.5 Å². The Kier molecular flexibility index (Phi) is 3.78. The molecule has 3 rings (SSSR count). The first-order chi connectivity index (χ1) is 9.72. The number of carbonyl (C=O) groups excluding carboxylic acids is 1. The van der Waals surface area contributed by atoms with Gasteiger partial charge in [-0.25, -0.2) is 0 Å². The van der Waals surface area contributed by atoms with E-state index in [-0.39, 0.29) is 18.6 Å². The summed E-state index contributed by atoms with van der Waals surface area (Å²) in [5.41, 5.74) is 1.03. The monoisotopic (exact) mass is 276 g/mol. The van der Waals surface area contributed by atoms with Crippen LogP contribution in [0.4, 0.5) is 0 Å². The van der Waals surface area contributed by atoms with E-state index in [0.29, 0.717) is 12.6 Å². The molecule has 1 fully saturated rings. The third kappa shape index (κ3) is 2.88. The molecule has 0 aliphatic carbocycles. The maximum Gasteiger partial charge on any atom is 0.231 e. The summed E-state index contributed by atoms with van der Waals surface area (Å²) in [5, 5.41) is 6.38. The molecule has 2 heterocycles. The maximum absolute atomic E-state index is 12.2. The predicted octanol–water partition coefficient (Wildman–Crippen LogP) is 1.42. The standard InChI is InChI=1S/C15H20N2O3/c1-10-6-12(4-5-16-10)15(18)17-8-11-2-3-13-14(7-11)20-9-19-13/h2-3,7,10,12,16H,4-6,8-9H2,1H3,(H,17,18)/t10-,12-/m0/s1. The highest BCUT2D eigenvalue weighted by molar-refractivity contribution is 5.78. The van der Waals surface area contributed by atoms with Crippen LogP contribution in [0.15, 0.2) is 18.2 Å². The van der Waals surface area contributed by atoms with Crippen LogP contribution in [-0.2, 0) is 11.3 Å². The normalized spacial score (nSPS) is 24.4. The Hall–Kier alpha value is -1.75. The number of carbonyl (C=O) groups is 1. The summed E-state index contributed by atoms with van der Waals surface area (Å²) in [7, 11) is 0. The fourth-order valence-electron chi connectivity index (χ4n) is 2.75. The van der Waals surface area contributed by atoms with Gasteiger partial charge in [-0.1, -0.05) is 6.07 Å². The van der Waals surface area contributed by atoms with Crippen molar-refractivity contribution in [2.45, 2.75) is 32.4 Å². The molecule has 0 unspecified atom stereocenters. The van der Waals surface area contributed by atoms with E-state index in [4.69, 9.17) is 9.47 Å². The van der Waals surface area contributed by atoms with Gasteiger partial charge in [0.2, 0.25) is 12.7 Å². The van der Waals surface area contributed by atoms with Gasteiger partial charge in [0.05, 0.1) is 0 Å². The molecular weight excluding hydrogens is 256 g/mol. The summed E-state index contributed by atoms with van der Waals surface area (Å²) in [6.07, 6.45) is 1.82. The molecule has 2 atom stereocenters. The van der Waals surface area contributed by atoms with Crippen LogP contribution < -0.4 is 20.1 Å². The van der Waals surface area contributed by atoms with E-state index in [1.807, 2.05) is 18.2 Å². The predicted molar refractivity (Wildman–Crippen MR) is 74.6 cm³/mol. The molecule has 0 aromatic heterocycles. The van der Waals surface area contributed by atoms with Gasteiger partial charge in [-0.15, -0.1) is 0 Å². The van der Waals surface area contributed by atoms with Crippen molar-refractivity contribution in [1.29, 1.82) is 0 Å². The molecule has 2 aliphatic heterocycles. The van der Waals surface area contributed by atoms with Crippen LogP contribution in [0, 0.1) is 5.92 Å². The molecule has 20 heavy (non-hydrogen) atoms. The molecular formula is C15H20N2O3. The topological polar surface area (TPSA) is 59.6 Å². The number of ether oxygens (including phenoxy) is 2. The van der Waals surface area contributed by atoms with Crippen LogP contribution in [0.2, 0.25) is 0 Å². The number of benzene rings is 1. The van der Waals surface area contributed by atoms with Gasteiger partial charge >= 0.3 is 0 Å². The Bertz CT molecular complexity index is 504. The first kappa shape index (κ1) is 13.2. The second kappa shape index (κ2) is 5.71. The lowest BCUT2D eigenvalue weighted by Crippen LogP contribution is -2.42. The van der Waals surface area contributed by atoms with Crippen molar-refractivity contribution in [2.24, 2.45) is 5.92 Å². The van der Waals surface area contributed by atoms with Gasteiger partial charge in [-0.3, -0.25) is 4.79 Å². The average Bonchev–Trinajstić information content (AvgIpc) is 2.92. The highest BCUT2D eigenvalue weighted by Crippen LogP contribution is 2.32. The fraction of sp³-hybridized carbons (Fsp3) is 0.533. The van der Waals surface area contributed by atoms with Crippen LogP contribution in [0.1, 0.15) is 25.3 Å². The van der Waals surface area contributed by atoms with Crippen LogP contribution >= 0.6 is 0 Å². The minimum Gasteiger partial charge on any atom is -0.454 e. The highest BCUT2D eigenvalue weighted by Gasteiger charge is 2.24. The molecule has 1 aromatic rings. The van der Waals surface area contributed by atoms with Gasteiger partial charge in [0.15, 0.2) is 11.5 Å².